The lowest BCUT2D eigenvalue weighted by molar-refractivity contribution is 0.198. The van der Waals surface area contributed by atoms with E-state index in [1.165, 1.54) is 17.5 Å². The Morgan fingerprint density at radius 3 is 3.00 bits per heavy atom. The van der Waals surface area contributed by atoms with Crippen LogP contribution in [-0.2, 0) is 17.5 Å². The number of rotatable bonds is 1. The van der Waals surface area contributed by atoms with Gasteiger partial charge >= 0.3 is 7.12 Å². The van der Waals surface area contributed by atoms with Crippen LogP contribution in [0.3, 0.4) is 0 Å². The Bertz CT molecular complexity index is 413. The summed E-state index contributed by atoms with van der Waals surface area (Å²) in [5.74, 6) is 0. The number of nitrogens with two attached hydrogens (primary N) is 1. The predicted octanol–water partition coefficient (Wildman–Crippen LogP) is 0.315. The highest BCUT2D eigenvalue weighted by Gasteiger charge is 2.37. The fraction of sp³-hybridized carbons (Fsp3) is 0.455. The zero-order valence-electron chi connectivity index (χ0n) is 8.98. The second-order valence-electron chi connectivity index (χ2n) is 4.27. The van der Waals surface area contributed by atoms with Crippen LogP contribution in [0, 0.1) is 0 Å². The molecule has 5 heteroatoms. The molecule has 0 bridgehead atoms. The zero-order chi connectivity index (χ0) is 10.4. The molecule has 1 unspecified atom stereocenters. The molecule has 0 saturated carbocycles. The third-order valence-electron chi connectivity index (χ3n) is 3.46. The van der Waals surface area contributed by atoms with Crippen molar-refractivity contribution >= 4 is 25.0 Å². The van der Waals surface area contributed by atoms with Gasteiger partial charge in [0.25, 0.3) is 0 Å². The van der Waals surface area contributed by atoms with Crippen LogP contribution < -0.4 is 11.2 Å². The van der Waals surface area contributed by atoms with Crippen LogP contribution in [0.2, 0.25) is 0 Å². The van der Waals surface area contributed by atoms with Crippen molar-refractivity contribution < 1.29 is 9.68 Å². The second kappa shape index (κ2) is 4.38. The van der Waals surface area contributed by atoms with E-state index in [1.54, 1.807) is 0 Å². The zero-order valence-corrected chi connectivity index (χ0v) is 9.80. The van der Waals surface area contributed by atoms with Gasteiger partial charge < -0.3 is 15.4 Å². The highest BCUT2D eigenvalue weighted by atomic mass is 35.5. The number of halogens is 1. The standard InChI is InChI=1S/C11H14BNO2.ClH/c13-6-10-9-5-4-7-2-1-3-8(7)11(9)12(14)15-10;/h4-5,10,14H,1-3,6,13H2;1H. The molecule has 0 aromatic heterocycles. The molecule has 16 heavy (non-hydrogen) atoms. The van der Waals surface area contributed by atoms with Crippen molar-refractivity contribution in [2.45, 2.75) is 25.4 Å². The summed E-state index contributed by atoms with van der Waals surface area (Å²) in [6.07, 6.45) is 3.26. The van der Waals surface area contributed by atoms with Gasteiger partial charge in [0.05, 0.1) is 6.10 Å². The van der Waals surface area contributed by atoms with Crippen molar-refractivity contribution in [3.63, 3.8) is 0 Å². The fourth-order valence-electron chi connectivity index (χ4n) is 2.76. The van der Waals surface area contributed by atoms with Crippen LogP contribution in [0.1, 0.15) is 29.2 Å². The lowest BCUT2D eigenvalue weighted by Gasteiger charge is -2.09. The maximum absolute atomic E-state index is 9.87. The lowest BCUT2D eigenvalue weighted by Crippen LogP contribution is -2.31. The molecule has 1 heterocycles. The quantitative estimate of drug-likeness (QED) is 0.694. The molecule has 2 aliphatic rings. The van der Waals surface area contributed by atoms with E-state index in [1.807, 2.05) is 0 Å². The molecule has 1 atom stereocenters. The van der Waals surface area contributed by atoms with Crippen molar-refractivity contribution in [1.82, 2.24) is 0 Å². The highest BCUT2D eigenvalue weighted by molar-refractivity contribution is 6.62. The first-order chi connectivity index (χ1) is 7.31. The largest absolute Gasteiger partial charge is 0.492 e. The van der Waals surface area contributed by atoms with Crippen LogP contribution >= 0.6 is 12.4 Å². The van der Waals surface area contributed by atoms with E-state index in [2.05, 4.69) is 12.1 Å². The van der Waals surface area contributed by atoms with Gasteiger partial charge in [0, 0.05) is 6.54 Å². The minimum absolute atomic E-state index is 0. The van der Waals surface area contributed by atoms with E-state index in [0.29, 0.717) is 6.54 Å². The number of hydrogen-bond donors (Lipinski definition) is 2. The molecule has 3 rings (SSSR count). The van der Waals surface area contributed by atoms with Gasteiger partial charge in [0.1, 0.15) is 0 Å². The van der Waals surface area contributed by atoms with E-state index in [-0.39, 0.29) is 18.5 Å². The van der Waals surface area contributed by atoms with Crippen molar-refractivity contribution in [1.29, 1.82) is 0 Å². The third kappa shape index (κ3) is 1.57. The molecule has 0 amide bonds. The normalized spacial score (nSPS) is 21.6. The van der Waals surface area contributed by atoms with Gasteiger partial charge in [0.2, 0.25) is 0 Å². The number of benzene rings is 1. The summed E-state index contributed by atoms with van der Waals surface area (Å²) >= 11 is 0. The molecule has 3 N–H and O–H groups in total. The first-order valence-corrected chi connectivity index (χ1v) is 5.49. The van der Waals surface area contributed by atoms with Crippen LogP contribution in [0.25, 0.3) is 0 Å². The summed E-state index contributed by atoms with van der Waals surface area (Å²) in [4.78, 5) is 0. The summed E-state index contributed by atoms with van der Waals surface area (Å²) in [5.41, 5.74) is 10.4. The molecule has 0 fully saturated rings. The van der Waals surface area contributed by atoms with E-state index in [9.17, 15) is 5.02 Å². The summed E-state index contributed by atoms with van der Waals surface area (Å²) in [5, 5.41) is 9.87. The Morgan fingerprint density at radius 2 is 2.25 bits per heavy atom. The topological polar surface area (TPSA) is 55.5 Å². The Balaban J connectivity index is 0.000000963. The van der Waals surface area contributed by atoms with E-state index >= 15 is 0 Å². The van der Waals surface area contributed by atoms with Gasteiger partial charge in [-0.1, -0.05) is 12.1 Å². The van der Waals surface area contributed by atoms with Gasteiger partial charge in [-0.05, 0) is 41.4 Å². The maximum atomic E-state index is 9.87. The van der Waals surface area contributed by atoms with E-state index < -0.39 is 7.12 Å². The molecular weight excluding hydrogens is 224 g/mol. The molecule has 86 valence electrons. The molecule has 0 spiro atoms. The molecule has 1 aromatic rings. The maximum Gasteiger partial charge on any atom is 0.492 e. The van der Waals surface area contributed by atoms with Gasteiger partial charge in [-0.25, -0.2) is 0 Å². The van der Waals surface area contributed by atoms with Crippen molar-refractivity contribution in [3.8, 4) is 0 Å². The summed E-state index contributed by atoms with van der Waals surface area (Å²) in [7, 11) is -0.762. The SMILES string of the molecule is Cl.NCC1OB(O)c2c1ccc1c2CCC1. The van der Waals surface area contributed by atoms with Crippen LogP contribution in [0.15, 0.2) is 12.1 Å². The fourth-order valence-corrected chi connectivity index (χ4v) is 2.76. The van der Waals surface area contributed by atoms with Crippen LogP contribution in [0.5, 0.6) is 0 Å². The first-order valence-electron chi connectivity index (χ1n) is 5.49. The van der Waals surface area contributed by atoms with Gasteiger partial charge in [-0.3, -0.25) is 0 Å². The Hall–Kier alpha value is -0.545. The van der Waals surface area contributed by atoms with Gasteiger partial charge in [-0.2, -0.15) is 0 Å². The third-order valence-corrected chi connectivity index (χ3v) is 3.46. The van der Waals surface area contributed by atoms with E-state index in [4.69, 9.17) is 10.4 Å². The Kier molecular flexibility index (Phi) is 3.26. The van der Waals surface area contributed by atoms with E-state index in [0.717, 1.165) is 23.9 Å². The molecule has 1 aliphatic carbocycles. The van der Waals surface area contributed by atoms with Crippen molar-refractivity contribution in [2.75, 3.05) is 6.54 Å². The molecule has 1 aliphatic heterocycles. The number of hydrogen-bond acceptors (Lipinski definition) is 3. The number of fused-ring (bicyclic) bond motifs is 3. The minimum Gasteiger partial charge on any atom is -0.423 e. The summed E-state index contributed by atoms with van der Waals surface area (Å²) in [6, 6.07) is 4.22. The average molecular weight is 240 g/mol. The summed E-state index contributed by atoms with van der Waals surface area (Å²) < 4.78 is 5.44. The van der Waals surface area contributed by atoms with Crippen molar-refractivity contribution in [2.24, 2.45) is 5.73 Å². The monoisotopic (exact) mass is 239 g/mol. The number of aryl methyl sites for hydroxylation is 1. The first kappa shape index (κ1) is 11.9. The lowest BCUT2D eigenvalue weighted by atomic mass is 9.75. The van der Waals surface area contributed by atoms with Crippen LogP contribution in [-0.4, -0.2) is 18.7 Å². The molecule has 0 saturated heterocycles. The predicted molar refractivity (Wildman–Crippen MR) is 66.2 cm³/mol. The Morgan fingerprint density at radius 1 is 1.44 bits per heavy atom. The van der Waals surface area contributed by atoms with Crippen LogP contribution in [0.4, 0.5) is 0 Å². The smallest absolute Gasteiger partial charge is 0.423 e. The summed E-state index contributed by atoms with van der Waals surface area (Å²) in [6.45, 7) is 0.433. The average Bonchev–Trinajstić information content (AvgIpc) is 2.81. The molecule has 1 aromatic carbocycles. The van der Waals surface area contributed by atoms with Gasteiger partial charge in [0.15, 0.2) is 0 Å². The molecule has 3 nitrogen and oxygen atoms in total. The Labute approximate surface area is 102 Å². The minimum atomic E-state index is -0.762. The highest BCUT2D eigenvalue weighted by Crippen LogP contribution is 2.29. The molecule has 0 radical (unpaired) electrons. The van der Waals surface area contributed by atoms with Gasteiger partial charge in [-0.15, -0.1) is 12.4 Å². The second-order valence-corrected chi connectivity index (χ2v) is 4.27. The van der Waals surface area contributed by atoms with Crippen molar-refractivity contribution in [3.05, 3.63) is 28.8 Å². The molecular formula is C11H15BClNO2.